The van der Waals surface area contributed by atoms with Crippen molar-refractivity contribution in [3.8, 4) is 0 Å². The van der Waals surface area contributed by atoms with Gasteiger partial charge in [0.05, 0.1) is 0 Å². The van der Waals surface area contributed by atoms with E-state index in [9.17, 15) is 4.79 Å². The van der Waals surface area contributed by atoms with Gasteiger partial charge in [-0.15, -0.1) is 0 Å². The smallest absolute Gasteiger partial charge is 0.328 e. The lowest BCUT2D eigenvalue weighted by Gasteiger charge is -2.34. The maximum atomic E-state index is 10.1. The number of allylic oxidation sites excluding steroid dienone is 3. The molecule has 1 fully saturated rings. The first-order valence-corrected chi connectivity index (χ1v) is 4.21. The van der Waals surface area contributed by atoms with E-state index in [2.05, 4.69) is 13.8 Å². The van der Waals surface area contributed by atoms with E-state index in [1.165, 1.54) is 11.6 Å². The summed E-state index contributed by atoms with van der Waals surface area (Å²) in [4.78, 5) is 10.1. The minimum Gasteiger partial charge on any atom is -0.478 e. The van der Waals surface area contributed by atoms with E-state index >= 15 is 0 Å². The fourth-order valence-corrected chi connectivity index (χ4v) is 1.41. The Labute approximate surface area is 72.6 Å². The highest BCUT2D eigenvalue weighted by Crippen LogP contribution is 2.38. The second-order valence-corrected chi connectivity index (χ2v) is 3.41. The molecule has 2 atom stereocenters. The molecule has 0 bridgehead atoms. The number of hydrogen-bond acceptors (Lipinski definition) is 1. The Morgan fingerprint density at radius 2 is 2.25 bits per heavy atom. The lowest BCUT2D eigenvalue weighted by atomic mass is 9.71. The number of hydrogen-bond donors (Lipinski definition) is 1. The zero-order valence-electron chi connectivity index (χ0n) is 7.45. The molecule has 12 heavy (non-hydrogen) atoms. The van der Waals surface area contributed by atoms with E-state index in [4.69, 9.17) is 5.11 Å². The van der Waals surface area contributed by atoms with Gasteiger partial charge in [0.25, 0.3) is 0 Å². The van der Waals surface area contributed by atoms with E-state index < -0.39 is 5.97 Å². The second kappa shape index (κ2) is 3.57. The van der Waals surface area contributed by atoms with Gasteiger partial charge in [-0.1, -0.05) is 31.6 Å². The van der Waals surface area contributed by atoms with Gasteiger partial charge in [-0.25, -0.2) is 4.79 Å². The molecular weight excluding hydrogens is 152 g/mol. The van der Waals surface area contributed by atoms with E-state index in [0.717, 1.165) is 12.3 Å². The first-order chi connectivity index (χ1) is 5.61. The van der Waals surface area contributed by atoms with Crippen LogP contribution < -0.4 is 0 Å². The molecule has 1 rings (SSSR count). The maximum absolute atomic E-state index is 10.1. The number of carboxylic acids is 1. The molecule has 0 radical (unpaired) electrons. The van der Waals surface area contributed by atoms with Crippen LogP contribution in [0.5, 0.6) is 0 Å². The van der Waals surface area contributed by atoms with Crippen molar-refractivity contribution in [2.45, 2.75) is 20.3 Å². The van der Waals surface area contributed by atoms with Crippen LogP contribution in [-0.4, -0.2) is 11.1 Å². The highest BCUT2D eigenvalue weighted by Gasteiger charge is 2.26. The number of rotatable bonds is 2. The summed E-state index contributed by atoms with van der Waals surface area (Å²) in [5, 5.41) is 8.32. The number of carboxylic acid groups (broad SMARTS) is 1. The molecule has 0 saturated heterocycles. The molecule has 0 heterocycles. The molecule has 1 aliphatic carbocycles. The van der Waals surface area contributed by atoms with Crippen LogP contribution in [0.3, 0.4) is 0 Å². The van der Waals surface area contributed by atoms with Crippen molar-refractivity contribution >= 4 is 5.97 Å². The molecule has 0 spiro atoms. The Kier molecular flexibility index (Phi) is 2.69. The van der Waals surface area contributed by atoms with Gasteiger partial charge in [0, 0.05) is 6.08 Å². The number of carbonyl (C=O) groups is 1. The summed E-state index contributed by atoms with van der Waals surface area (Å²) in [6.45, 7) is 4.39. The molecule has 2 nitrogen and oxygen atoms in total. The van der Waals surface area contributed by atoms with Crippen LogP contribution in [0.1, 0.15) is 20.3 Å². The Morgan fingerprint density at radius 3 is 2.67 bits per heavy atom. The SMILES string of the molecule is CC1C/C(=C/C=C/C(=O)O)C1C. The molecule has 0 aromatic carbocycles. The Hall–Kier alpha value is -1.05. The van der Waals surface area contributed by atoms with Gasteiger partial charge in [0.15, 0.2) is 0 Å². The Balaban J connectivity index is 2.45. The van der Waals surface area contributed by atoms with E-state index in [-0.39, 0.29) is 0 Å². The summed E-state index contributed by atoms with van der Waals surface area (Å²) in [6.07, 6.45) is 5.81. The summed E-state index contributed by atoms with van der Waals surface area (Å²) in [5.74, 6) is 0.504. The lowest BCUT2D eigenvalue weighted by Crippen LogP contribution is -2.23. The first-order valence-electron chi connectivity index (χ1n) is 4.21. The molecule has 1 saturated carbocycles. The Morgan fingerprint density at radius 1 is 1.58 bits per heavy atom. The highest BCUT2D eigenvalue weighted by molar-refractivity contribution is 5.80. The van der Waals surface area contributed by atoms with Gasteiger partial charge in [0.2, 0.25) is 0 Å². The monoisotopic (exact) mass is 166 g/mol. The minimum absolute atomic E-state index is 0.628. The van der Waals surface area contributed by atoms with Crippen molar-refractivity contribution in [3.63, 3.8) is 0 Å². The lowest BCUT2D eigenvalue weighted by molar-refractivity contribution is -0.131. The van der Waals surface area contributed by atoms with E-state index in [1.807, 2.05) is 6.08 Å². The van der Waals surface area contributed by atoms with Crippen LogP contribution in [0.2, 0.25) is 0 Å². The molecule has 66 valence electrons. The molecule has 1 N–H and O–H groups in total. The van der Waals surface area contributed by atoms with Crippen molar-refractivity contribution in [1.82, 2.24) is 0 Å². The topological polar surface area (TPSA) is 37.3 Å². The molecule has 0 aromatic heterocycles. The van der Waals surface area contributed by atoms with Crippen molar-refractivity contribution in [1.29, 1.82) is 0 Å². The third-order valence-electron chi connectivity index (χ3n) is 2.55. The van der Waals surface area contributed by atoms with E-state index in [0.29, 0.717) is 5.92 Å². The van der Waals surface area contributed by atoms with Gasteiger partial charge in [-0.05, 0) is 18.3 Å². The van der Waals surface area contributed by atoms with Crippen LogP contribution in [0.15, 0.2) is 23.8 Å². The molecule has 2 unspecified atom stereocenters. The molecule has 0 aliphatic heterocycles. The average Bonchev–Trinajstić information content (AvgIpc) is 2.02. The molecule has 1 aliphatic rings. The summed E-state index contributed by atoms with van der Waals surface area (Å²) in [7, 11) is 0. The van der Waals surface area contributed by atoms with Gasteiger partial charge in [-0.2, -0.15) is 0 Å². The van der Waals surface area contributed by atoms with Crippen LogP contribution >= 0.6 is 0 Å². The number of aliphatic carboxylic acids is 1. The first kappa shape index (κ1) is 9.04. The van der Waals surface area contributed by atoms with Gasteiger partial charge in [0.1, 0.15) is 0 Å². The summed E-state index contributed by atoms with van der Waals surface area (Å²) in [6, 6.07) is 0. The maximum Gasteiger partial charge on any atom is 0.328 e. The fourth-order valence-electron chi connectivity index (χ4n) is 1.41. The summed E-state index contributed by atoms with van der Waals surface area (Å²) < 4.78 is 0. The van der Waals surface area contributed by atoms with Crippen LogP contribution in [0.4, 0.5) is 0 Å². The standard InChI is InChI=1S/C10H14O2/c1-7-6-9(8(7)2)4-3-5-10(11)12/h3-5,7-8H,6H2,1-2H3,(H,11,12)/b5-3+,9-4-. The minimum atomic E-state index is -0.883. The zero-order chi connectivity index (χ0) is 9.14. The predicted molar refractivity (Wildman–Crippen MR) is 47.8 cm³/mol. The van der Waals surface area contributed by atoms with Crippen LogP contribution in [0.25, 0.3) is 0 Å². The van der Waals surface area contributed by atoms with Gasteiger partial charge < -0.3 is 5.11 Å². The van der Waals surface area contributed by atoms with Crippen molar-refractivity contribution in [2.75, 3.05) is 0 Å². The molecular formula is C10H14O2. The van der Waals surface area contributed by atoms with E-state index in [1.54, 1.807) is 6.08 Å². The normalized spacial score (nSPS) is 32.3. The van der Waals surface area contributed by atoms with Gasteiger partial charge in [-0.3, -0.25) is 0 Å². The molecule has 0 amide bonds. The predicted octanol–water partition coefficient (Wildman–Crippen LogP) is 2.23. The van der Waals surface area contributed by atoms with Crippen molar-refractivity contribution in [2.24, 2.45) is 11.8 Å². The van der Waals surface area contributed by atoms with Crippen LogP contribution in [-0.2, 0) is 4.79 Å². The highest BCUT2D eigenvalue weighted by atomic mass is 16.4. The summed E-state index contributed by atoms with van der Waals surface area (Å²) >= 11 is 0. The third-order valence-corrected chi connectivity index (χ3v) is 2.55. The molecule has 0 aromatic rings. The fraction of sp³-hybridized carbons (Fsp3) is 0.500. The van der Waals surface area contributed by atoms with Crippen molar-refractivity contribution < 1.29 is 9.90 Å². The second-order valence-electron chi connectivity index (χ2n) is 3.41. The quantitative estimate of drug-likeness (QED) is 0.639. The largest absolute Gasteiger partial charge is 0.478 e. The zero-order valence-corrected chi connectivity index (χ0v) is 7.45. The van der Waals surface area contributed by atoms with Crippen molar-refractivity contribution in [3.05, 3.63) is 23.8 Å². The average molecular weight is 166 g/mol. The summed E-state index contributed by atoms with van der Waals surface area (Å²) in [5.41, 5.74) is 1.36. The third kappa shape index (κ3) is 1.97. The van der Waals surface area contributed by atoms with Crippen LogP contribution in [0, 0.1) is 11.8 Å². The Bertz CT molecular complexity index is 238. The van der Waals surface area contributed by atoms with Gasteiger partial charge >= 0.3 is 5.97 Å². The molecule has 2 heteroatoms.